The molecule has 4 nitrogen and oxygen atoms in total. The molecule has 4 heteroatoms. The zero-order valence-corrected chi connectivity index (χ0v) is 9.71. The average Bonchev–Trinajstić information content (AvgIpc) is 3.01. The molecule has 2 N–H and O–H groups in total. The molecule has 0 unspecified atom stereocenters. The van der Waals surface area contributed by atoms with Crippen LogP contribution in [-0.4, -0.2) is 28.3 Å². The number of hydrogen-bond donors (Lipinski definition) is 2. The molecule has 88 valence electrons. The Morgan fingerprint density at radius 2 is 1.81 bits per heavy atom. The normalized spacial score (nSPS) is 27.4. The third-order valence-corrected chi connectivity index (χ3v) is 3.92. The van der Waals surface area contributed by atoms with Crippen molar-refractivity contribution in [2.75, 3.05) is 13.1 Å². The molecule has 1 atom stereocenters. The fourth-order valence-corrected chi connectivity index (χ4v) is 2.92. The zero-order chi connectivity index (χ0) is 10.8. The highest BCUT2D eigenvalue weighted by Crippen LogP contribution is 2.32. The lowest BCUT2D eigenvalue weighted by molar-refractivity contribution is 0.447. The smallest absolute Gasteiger partial charge is 0.155 e. The van der Waals surface area contributed by atoms with Gasteiger partial charge in [0.15, 0.2) is 5.82 Å². The molecule has 1 aliphatic carbocycles. The Hall–Kier alpha value is -0.900. The first kappa shape index (κ1) is 10.3. The van der Waals surface area contributed by atoms with E-state index in [0.29, 0.717) is 11.8 Å². The van der Waals surface area contributed by atoms with Crippen molar-refractivity contribution in [3.05, 3.63) is 11.6 Å². The summed E-state index contributed by atoms with van der Waals surface area (Å²) in [7, 11) is 0. The van der Waals surface area contributed by atoms with Crippen molar-refractivity contribution < 1.29 is 0 Å². The predicted molar refractivity (Wildman–Crippen MR) is 62.4 cm³/mol. The van der Waals surface area contributed by atoms with E-state index >= 15 is 0 Å². The topological polar surface area (TPSA) is 53.6 Å². The minimum atomic E-state index is 0.528. The molecule has 16 heavy (non-hydrogen) atoms. The molecule has 1 saturated carbocycles. The lowest BCUT2D eigenvalue weighted by Gasteiger charge is -2.19. The maximum atomic E-state index is 4.71. The molecule has 2 aliphatic rings. The summed E-state index contributed by atoms with van der Waals surface area (Å²) in [5.41, 5.74) is 0. The number of nitrogens with zero attached hydrogens (tertiary/aromatic N) is 2. The third-order valence-electron chi connectivity index (χ3n) is 3.92. The van der Waals surface area contributed by atoms with Crippen LogP contribution >= 0.6 is 0 Å². The lowest BCUT2D eigenvalue weighted by Crippen LogP contribution is -2.28. The highest BCUT2D eigenvalue weighted by atomic mass is 15.2. The van der Waals surface area contributed by atoms with Crippen molar-refractivity contribution in [2.24, 2.45) is 0 Å². The van der Waals surface area contributed by atoms with E-state index in [4.69, 9.17) is 4.98 Å². The molecule has 1 aromatic rings. The van der Waals surface area contributed by atoms with Crippen molar-refractivity contribution in [1.29, 1.82) is 0 Å². The average molecular weight is 220 g/mol. The van der Waals surface area contributed by atoms with Gasteiger partial charge in [0.2, 0.25) is 0 Å². The summed E-state index contributed by atoms with van der Waals surface area (Å²) in [5.74, 6) is 3.35. The first-order chi connectivity index (χ1) is 7.93. The van der Waals surface area contributed by atoms with Crippen LogP contribution in [0.1, 0.15) is 62.0 Å². The maximum Gasteiger partial charge on any atom is 0.155 e. The molecule has 1 aromatic heterocycles. The molecule has 1 saturated heterocycles. The van der Waals surface area contributed by atoms with Crippen molar-refractivity contribution in [1.82, 2.24) is 20.5 Å². The summed E-state index contributed by atoms with van der Waals surface area (Å²) < 4.78 is 0. The Bertz CT molecular complexity index is 335. The molecule has 0 aromatic carbocycles. The lowest BCUT2D eigenvalue weighted by atomic mass is 9.99. The second-order valence-electron chi connectivity index (χ2n) is 5.10. The van der Waals surface area contributed by atoms with Gasteiger partial charge in [-0.15, -0.1) is 0 Å². The maximum absolute atomic E-state index is 4.71. The number of aromatic amines is 1. The second kappa shape index (κ2) is 4.53. The summed E-state index contributed by atoms with van der Waals surface area (Å²) in [6.07, 6.45) is 7.76. The molecular weight excluding hydrogens is 200 g/mol. The van der Waals surface area contributed by atoms with Gasteiger partial charge in [0.1, 0.15) is 5.82 Å². The summed E-state index contributed by atoms with van der Waals surface area (Å²) in [4.78, 5) is 4.71. The van der Waals surface area contributed by atoms with Crippen LogP contribution in [0.5, 0.6) is 0 Å². The second-order valence-corrected chi connectivity index (χ2v) is 5.10. The first-order valence-corrected chi connectivity index (χ1v) is 6.56. The minimum Gasteiger partial charge on any atom is -0.316 e. The summed E-state index contributed by atoms with van der Waals surface area (Å²) in [6.45, 7) is 2.19. The molecule has 3 rings (SSSR count). The SMILES string of the molecule is C1CCC(c2nc([C@@H]3CCCNC3)n[nH]2)C1. The van der Waals surface area contributed by atoms with Gasteiger partial charge in [-0.25, -0.2) is 4.98 Å². The number of nitrogens with one attached hydrogen (secondary N) is 2. The van der Waals surface area contributed by atoms with Crippen LogP contribution in [0.15, 0.2) is 0 Å². The van der Waals surface area contributed by atoms with E-state index < -0.39 is 0 Å². The molecule has 0 radical (unpaired) electrons. The van der Waals surface area contributed by atoms with E-state index in [-0.39, 0.29) is 0 Å². The van der Waals surface area contributed by atoms with E-state index in [0.717, 1.165) is 24.7 Å². The summed E-state index contributed by atoms with van der Waals surface area (Å²) >= 11 is 0. The number of rotatable bonds is 2. The minimum absolute atomic E-state index is 0.528. The van der Waals surface area contributed by atoms with Crippen LogP contribution in [0.2, 0.25) is 0 Å². The van der Waals surface area contributed by atoms with E-state index in [9.17, 15) is 0 Å². The van der Waals surface area contributed by atoms with Gasteiger partial charge in [-0.05, 0) is 32.2 Å². The third kappa shape index (κ3) is 1.98. The van der Waals surface area contributed by atoms with E-state index in [1.807, 2.05) is 0 Å². The van der Waals surface area contributed by atoms with Crippen molar-refractivity contribution >= 4 is 0 Å². The quantitative estimate of drug-likeness (QED) is 0.800. The van der Waals surface area contributed by atoms with Gasteiger partial charge < -0.3 is 5.32 Å². The van der Waals surface area contributed by atoms with Crippen molar-refractivity contribution in [3.63, 3.8) is 0 Å². The van der Waals surface area contributed by atoms with E-state index in [2.05, 4.69) is 15.5 Å². The Kier molecular flexibility index (Phi) is 2.91. The Balaban J connectivity index is 1.71. The zero-order valence-electron chi connectivity index (χ0n) is 9.71. The van der Waals surface area contributed by atoms with E-state index in [1.165, 1.54) is 38.5 Å². The molecule has 0 amide bonds. The van der Waals surface area contributed by atoms with Crippen LogP contribution in [0.25, 0.3) is 0 Å². The monoisotopic (exact) mass is 220 g/mol. The first-order valence-electron chi connectivity index (χ1n) is 6.56. The van der Waals surface area contributed by atoms with Crippen molar-refractivity contribution in [2.45, 2.75) is 50.4 Å². The van der Waals surface area contributed by atoms with Gasteiger partial charge in [0.05, 0.1) is 0 Å². The highest BCUT2D eigenvalue weighted by molar-refractivity contribution is 5.04. The molecular formula is C12H20N4. The van der Waals surface area contributed by atoms with Crippen LogP contribution in [-0.2, 0) is 0 Å². The summed E-state index contributed by atoms with van der Waals surface area (Å²) in [5, 5.41) is 11.0. The molecule has 1 aliphatic heterocycles. The standard InChI is InChI=1S/C12H20N4/c1-2-5-9(4-1)11-14-12(16-15-11)10-6-3-7-13-8-10/h9-10,13H,1-8H2,(H,14,15,16)/t10-/m1/s1. The van der Waals surface area contributed by atoms with Gasteiger partial charge in [-0.3, -0.25) is 5.10 Å². The van der Waals surface area contributed by atoms with Gasteiger partial charge in [-0.1, -0.05) is 12.8 Å². The number of aromatic nitrogens is 3. The number of hydrogen-bond acceptors (Lipinski definition) is 3. The fourth-order valence-electron chi connectivity index (χ4n) is 2.92. The van der Waals surface area contributed by atoms with Crippen LogP contribution in [0, 0.1) is 0 Å². The molecule has 2 heterocycles. The van der Waals surface area contributed by atoms with Gasteiger partial charge in [0.25, 0.3) is 0 Å². The molecule has 2 fully saturated rings. The molecule has 0 spiro atoms. The van der Waals surface area contributed by atoms with Crippen LogP contribution in [0.3, 0.4) is 0 Å². The molecule has 0 bridgehead atoms. The van der Waals surface area contributed by atoms with Gasteiger partial charge >= 0.3 is 0 Å². The van der Waals surface area contributed by atoms with Crippen molar-refractivity contribution in [3.8, 4) is 0 Å². The summed E-state index contributed by atoms with van der Waals surface area (Å²) in [6, 6.07) is 0. The number of H-pyrrole nitrogens is 1. The fraction of sp³-hybridized carbons (Fsp3) is 0.833. The predicted octanol–water partition coefficient (Wildman–Crippen LogP) is 1.93. The van der Waals surface area contributed by atoms with E-state index in [1.54, 1.807) is 0 Å². The largest absolute Gasteiger partial charge is 0.316 e. The number of piperidine rings is 1. The van der Waals surface area contributed by atoms with Gasteiger partial charge in [-0.2, -0.15) is 5.10 Å². The highest BCUT2D eigenvalue weighted by Gasteiger charge is 2.24. The van der Waals surface area contributed by atoms with Crippen LogP contribution in [0.4, 0.5) is 0 Å². The Labute approximate surface area is 96.2 Å². The Morgan fingerprint density at radius 3 is 2.56 bits per heavy atom. The van der Waals surface area contributed by atoms with Gasteiger partial charge in [0, 0.05) is 18.4 Å². The van der Waals surface area contributed by atoms with Crippen LogP contribution < -0.4 is 5.32 Å². The Morgan fingerprint density at radius 1 is 1.00 bits per heavy atom.